The molecular weight excluding hydrogens is 1040 g/mol. The summed E-state index contributed by atoms with van der Waals surface area (Å²) in [5, 5.41) is 2.20. The maximum atomic E-state index is 6.75. The van der Waals surface area contributed by atoms with Crippen LogP contribution in [0.5, 0.6) is 11.5 Å². The van der Waals surface area contributed by atoms with Crippen LogP contribution >= 0.6 is 0 Å². The minimum atomic E-state index is -0.0609. The number of fused-ring (bicyclic) bond motifs is 4. The molecule has 0 saturated carbocycles. The van der Waals surface area contributed by atoms with Crippen molar-refractivity contribution in [1.29, 1.82) is 0 Å². The van der Waals surface area contributed by atoms with Crippen LogP contribution in [0.1, 0.15) is 63.8 Å². The van der Waals surface area contributed by atoms with E-state index in [9.17, 15) is 0 Å². The van der Waals surface area contributed by atoms with E-state index < -0.39 is 0 Å². The average Bonchev–Trinajstić information content (AvgIpc) is 3.89. The first-order valence-corrected chi connectivity index (χ1v) is 23.8. The van der Waals surface area contributed by atoms with Gasteiger partial charge in [-0.25, -0.2) is 4.98 Å². The molecule has 0 N–H and O–H groups in total. The Labute approximate surface area is 427 Å². The topological polar surface area (TPSA) is 33.5 Å². The van der Waals surface area contributed by atoms with Gasteiger partial charge in [0, 0.05) is 61.3 Å². The molecule has 0 bridgehead atoms. The third-order valence-electron chi connectivity index (χ3n) is 13.3. The first-order chi connectivity index (χ1) is 33.3. The van der Waals surface area contributed by atoms with E-state index in [0.29, 0.717) is 11.5 Å². The van der Waals surface area contributed by atoms with E-state index in [1.165, 1.54) is 44.5 Å². The van der Waals surface area contributed by atoms with Crippen LogP contribution in [-0.2, 0) is 31.9 Å². The number of anilines is 4. The van der Waals surface area contributed by atoms with Crippen molar-refractivity contribution in [2.24, 2.45) is 0 Å². The van der Waals surface area contributed by atoms with Crippen LogP contribution in [0.4, 0.5) is 22.7 Å². The van der Waals surface area contributed by atoms with Gasteiger partial charge >= 0.3 is 0 Å². The van der Waals surface area contributed by atoms with Gasteiger partial charge in [0.2, 0.25) is 0 Å². The van der Waals surface area contributed by atoms with Gasteiger partial charge in [-0.05, 0) is 128 Å². The van der Waals surface area contributed by atoms with Gasteiger partial charge in [-0.15, -0.1) is 48.1 Å². The third kappa shape index (κ3) is 8.73. The van der Waals surface area contributed by atoms with Gasteiger partial charge in [-0.1, -0.05) is 150 Å². The van der Waals surface area contributed by atoms with Crippen LogP contribution in [0, 0.1) is 32.6 Å². The van der Waals surface area contributed by atoms with Gasteiger partial charge < -0.3 is 19.1 Å². The number of benzene rings is 8. The Morgan fingerprint density at radius 1 is 0.514 bits per heavy atom. The van der Waals surface area contributed by atoms with Crippen LogP contribution in [0.2, 0.25) is 0 Å². The predicted octanol–water partition coefficient (Wildman–Crippen LogP) is 17.2. The third-order valence-corrected chi connectivity index (χ3v) is 13.3. The SMILES string of the molecule is Cc1cc(C)cc(N2[CH-]N(c3[c-]c(Oc4[c-]c5c(cc4)c4ccccc4n5-c4cc(-c5ccc(C(C)(C)C)cc5C(C)(C)C)ccn4)ccc3)c3cc(-c4ccccc4-c4ccccc4)ccc32)c1.[Pt]. The maximum Gasteiger partial charge on any atom is 0.136 e. The van der Waals surface area contributed by atoms with Crippen molar-refractivity contribution < 1.29 is 25.8 Å². The van der Waals surface area contributed by atoms with Crippen LogP contribution in [0.25, 0.3) is 61.0 Å². The molecule has 0 aliphatic carbocycles. The molecule has 0 saturated heterocycles. The molecular formula is C64H55N4OPt-3. The zero-order valence-electron chi connectivity index (χ0n) is 40.9. The van der Waals surface area contributed by atoms with Gasteiger partial charge in [0.25, 0.3) is 0 Å². The van der Waals surface area contributed by atoms with E-state index in [1.807, 2.05) is 24.4 Å². The molecule has 2 aromatic heterocycles. The zero-order chi connectivity index (χ0) is 47.6. The number of aromatic nitrogens is 2. The first kappa shape index (κ1) is 46.5. The van der Waals surface area contributed by atoms with E-state index in [-0.39, 0.29) is 31.9 Å². The fourth-order valence-electron chi connectivity index (χ4n) is 9.94. The van der Waals surface area contributed by atoms with Crippen LogP contribution in [-0.4, -0.2) is 9.55 Å². The molecule has 0 amide bonds. The van der Waals surface area contributed by atoms with Crippen molar-refractivity contribution in [3.63, 3.8) is 0 Å². The summed E-state index contributed by atoms with van der Waals surface area (Å²) < 4.78 is 8.96. The van der Waals surface area contributed by atoms with E-state index in [2.05, 4.69) is 246 Å². The van der Waals surface area contributed by atoms with Crippen molar-refractivity contribution in [1.82, 2.24) is 9.55 Å². The number of para-hydroxylation sites is 1. The Hall–Kier alpha value is -7.20. The molecule has 1 aliphatic heterocycles. The quantitative estimate of drug-likeness (QED) is 0.142. The average molecular weight is 1090 g/mol. The van der Waals surface area contributed by atoms with E-state index in [0.717, 1.165) is 61.5 Å². The molecule has 3 heterocycles. The summed E-state index contributed by atoms with van der Waals surface area (Å²) in [6.07, 6.45) is 1.93. The van der Waals surface area contributed by atoms with Gasteiger partial charge in [0.15, 0.2) is 0 Å². The van der Waals surface area contributed by atoms with Crippen LogP contribution < -0.4 is 14.5 Å². The van der Waals surface area contributed by atoms with Crippen molar-refractivity contribution in [2.45, 2.75) is 66.2 Å². The van der Waals surface area contributed by atoms with Crippen molar-refractivity contribution >= 4 is 44.6 Å². The van der Waals surface area contributed by atoms with Gasteiger partial charge in [0.05, 0.1) is 0 Å². The summed E-state index contributed by atoms with van der Waals surface area (Å²) in [4.78, 5) is 9.51. The summed E-state index contributed by atoms with van der Waals surface area (Å²) in [6.45, 7) is 20.2. The Balaban J connectivity index is 0.00000567. The molecule has 8 aromatic carbocycles. The second-order valence-electron chi connectivity index (χ2n) is 20.4. The number of rotatable bonds is 8. The smallest absolute Gasteiger partial charge is 0.136 e. The molecule has 70 heavy (non-hydrogen) atoms. The summed E-state index contributed by atoms with van der Waals surface area (Å²) in [5.74, 6) is 2.00. The molecule has 0 spiro atoms. The largest absolute Gasteiger partial charge is 0.509 e. The molecule has 11 rings (SSSR count). The molecule has 350 valence electrons. The molecule has 6 heteroatoms. The molecule has 0 radical (unpaired) electrons. The van der Waals surface area contributed by atoms with E-state index >= 15 is 0 Å². The summed E-state index contributed by atoms with van der Waals surface area (Å²) >= 11 is 0. The molecule has 5 nitrogen and oxygen atoms in total. The number of ether oxygens (including phenoxy) is 1. The standard InChI is InChI=1S/C64H55N4O.Pt/c1-42-33-43(2)35-49(34-42)67-41-66(61-36-45(25-30-59(61)67)53-22-13-12-21-52(53)44-17-10-9-11-18-44)48-19-16-20-50(39-48)69-51-27-29-56-55-23-14-15-24-58(55)68(60(56)40-51)62-37-46(31-32-65-62)54-28-26-47(63(3,4)5)38-57(54)64(6,7)8;/h9-38,41H,1-8H3;/q-3;. The monoisotopic (exact) mass is 1090 g/mol. The number of nitrogens with zero attached hydrogens (tertiary/aromatic N) is 4. The van der Waals surface area contributed by atoms with Gasteiger partial charge in [0.1, 0.15) is 5.82 Å². The van der Waals surface area contributed by atoms with Crippen molar-refractivity contribution in [3.8, 4) is 50.7 Å². The van der Waals surface area contributed by atoms with Gasteiger partial charge in [-0.2, -0.15) is 12.1 Å². The Bertz CT molecular complexity index is 3560. The molecule has 1 aliphatic rings. The minimum Gasteiger partial charge on any atom is -0.509 e. The second-order valence-corrected chi connectivity index (χ2v) is 20.4. The van der Waals surface area contributed by atoms with E-state index in [4.69, 9.17) is 9.72 Å². The number of pyridine rings is 1. The number of hydrogen-bond donors (Lipinski definition) is 0. The van der Waals surface area contributed by atoms with Crippen molar-refractivity contribution in [3.05, 3.63) is 223 Å². The van der Waals surface area contributed by atoms with Crippen molar-refractivity contribution in [2.75, 3.05) is 9.80 Å². The molecule has 0 unspecified atom stereocenters. The number of hydrogen-bond acceptors (Lipinski definition) is 4. The van der Waals surface area contributed by atoms with Crippen LogP contribution in [0.3, 0.4) is 0 Å². The molecule has 10 aromatic rings. The fraction of sp³-hybridized carbons (Fsp3) is 0.156. The first-order valence-electron chi connectivity index (χ1n) is 23.8. The summed E-state index contributed by atoms with van der Waals surface area (Å²) in [7, 11) is 0. The predicted molar refractivity (Wildman–Crippen MR) is 287 cm³/mol. The van der Waals surface area contributed by atoms with Gasteiger partial charge in [-0.3, -0.25) is 0 Å². The van der Waals surface area contributed by atoms with E-state index in [1.54, 1.807) is 0 Å². The normalized spacial score (nSPS) is 12.6. The summed E-state index contributed by atoms with van der Waals surface area (Å²) in [5.41, 5.74) is 18.1. The molecule has 0 fully saturated rings. The Morgan fingerprint density at radius 3 is 1.97 bits per heavy atom. The van der Waals surface area contributed by atoms with Crippen LogP contribution in [0.15, 0.2) is 182 Å². The fourth-order valence-corrected chi connectivity index (χ4v) is 9.94. The Morgan fingerprint density at radius 2 is 1.21 bits per heavy atom. The zero-order valence-corrected chi connectivity index (χ0v) is 43.2. The summed E-state index contributed by atoms with van der Waals surface area (Å²) in [6, 6.07) is 70.1. The number of aryl methyl sites for hydroxylation is 2. The second kappa shape index (κ2) is 18.3. The maximum absolute atomic E-state index is 6.75. The molecule has 0 atom stereocenters. The minimum absolute atomic E-state index is 0. The Kier molecular flexibility index (Phi) is 12.1.